The Morgan fingerprint density at radius 3 is 2.02 bits per heavy atom. The van der Waals surface area contributed by atoms with Crippen LogP contribution in [0, 0.1) is 51.5 Å². The van der Waals surface area contributed by atoms with E-state index >= 15 is 0 Å². The van der Waals surface area contributed by atoms with E-state index in [1.54, 1.807) is 0 Å². The second kappa shape index (κ2) is 19.0. The molecule has 5 rings (SSSR count). The smallest absolute Gasteiger partial charge is 0.162 e. The van der Waals surface area contributed by atoms with Crippen molar-refractivity contribution in [2.24, 2.45) is 17.8 Å². The fourth-order valence-electron chi connectivity index (χ4n) is 7.45. The molecule has 5 aromatic rings. The molecule has 287 valence electrons. The molecule has 0 saturated carbocycles. The summed E-state index contributed by atoms with van der Waals surface area (Å²) in [4.78, 5) is 18.3. The van der Waals surface area contributed by atoms with Gasteiger partial charge in [-0.1, -0.05) is 110 Å². The summed E-state index contributed by atoms with van der Waals surface area (Å²) < 4.78 is 1.29. The third kappa shape index (κ3) is 10.4. The number of carbonyl (C=O) groups is 1. The molecule has 0 atom stereocenters. The standard InChI is InChI=1S/C35H38NS.C13H24O2.Ir/c1-20(2)14-25-15-21(3)32(22(4)16-25)29-19-31(36-33-23(5)24(6)37-34(29)33)27-17-26-12-10-11-13-28(26)30(18-27)35(7,8)9;1-5-10(6-2)12(14)9-13(15)11(7-3)8-4;/h10-13,15-16,18-20H,14H2,1-9H3;9-11,14H,5-8H2,1-4H3;/q-1;;/b;12-9-;. The first-order valence-electron chi connectivity index (χ1n) is 19.5. The van der Waals surface area contributed by atoms with Crippen molar-refractivity contribution in [1.29, 1.82) is 0 Å². The number of aromatic nitrogens is 1. The number of nitrogens with zero attached hydrogens (tertiary/aromatic N) is 1. The normalized spacial score (nSPS) is 12.1. The molecule has 2 heterocycles. The van der Waals surface area contributed by atoms with Gasteiger partial charge in [0.2, 0.25) is 0 Å². The SMILES string of the molecule is CCC(CC)C(=O)/C=C(\O)C(CC)CC.Cc1cc(CC(C)C)cc(C)c1-c1cc(-c2[c-]c3ccccc3c(C(C)(C)C)c2)nc2c(C)c(C)sc12.[Ir]. The fourth-order valence-corrected chi connectivity index (χ4v) is 8.57. The topological polar surface area (TPSA) is 50.2 Å². The Labute approximate surface area is 338 Å². The minimum atomic E-state index is 0. The number of pyridine rings is 1. The van der Waals surface area contributed by atoms with Crippen LogP contribution in [0.5, 0.6) is 0 Å². The van der Waals surface area contributed by atoms with Crippen molar-refractivity contribution < 1.29 is 30.0 Å². The fraction of sp³-hybridized carbons (Fsp3) is 0.458. The zero-order valence-corrected chi connectivity index (χ0v) is 37.7. The number of allylic oxidation sites excluding steroid dienone is 2. The molecule has 0 spiro atoms. The number of fused-ring (bicyclic) bond motifs is 2. The molecule has 3 nitrogen and oxygen atoms in total. The predicted molar refractivity (Wildman–Crippen MR) is 227 cm³/mol. The van der Waals surface area contributed by atoms with Crippen molar-refractivity contribution in [1.82, 2.24) is 4.98 Å². The summed E-state index contributed by atoms with van der Waals surface area (Å²) in [6.07, 6.45) is 6.02. The Bertz CT molecular complexity index is 2030. The second-order valence-corrected chi connectivity index (χ2v) is 17.3. The van der Waals surface area contributed by atoms with Crippen LogP contribution in [0.3, 0.4) is 0 Å². The number of carbonyl (C=O) groups excluding carboxylic acids is 1. The number of rotatable bonds is 11. The summed E-state index contributed by atoms with van der Waals surface area (Å²) in [5.41, 5.74) is 12.6. The van der Waals surface area contributed by atoms with Crippen molar-refractivity contribution in [3.8, 4) is 22.4 Å². The van der Waals surface area contributed by atoms with Crippen LogP contribution in [0.2, 0.25) is 0 Å². The number of benzene rings is 3. The van der Waals surface area contributed by atoms with Gasteiger partial charge >= 0.3 is 0 Å². The van der Waals surface area contributed by atoms with Crippen molar-refractivity contribution in [3.05, 3.63) is 99.1 Å². The number of aliphatic hydroxyl groups is 1. The second-order valence-electron chi connectivity index (χ2n) is 16.1. The molecule has 0 unspecified atom stereocenters. The summed E-state index contributed by atoms with van der Waals surface area (Å²) in [6.45, 7) is 28.5. The zero-order valence-electron chi connectivity index (χ0n) is 34.5. The van der Waals surface area contributed by atoms with E-state index < -0.39 is 0 Å². The molecule has 1 radical (unpaired) electrons. The number of aliphatic hydroxyl groups excluding tert-OH is 1. The van der Waals surface area contributed by atoms with E-state index in [0.717, 1.165) is 54.3 Å². The van der Waals surface area contributed by atoms with Crippen molar-refractivity contribution in [3.63, 3.8) is 0 Å². The van der Waals surface area contributed by atoms with Gasteiger partial charge in [0.05, 0.1) is 16.0 Å². The summed E-state index contributed by atoms with van der Waals surface area (Å²) in [5, 5.41) is 12.2. The number of aryl methyl sites for hydroxylation is 4. The predicted octanol–water partition coefficient (Wildman–Crippen LogP) is 14.2. The maximum atomic E-state index is 11.7. The average Bonchev–Trinajstić information content (AvgIpc) is 3.37. The van der Waals surface area contributed by atoms with Gasteiger partial charge in [0, 0.05) is 48.6 Å². The molecule has 0 fully saturated rings. The van der Waals surface area contributed by atoms with Crippen LogP contribution >= 0.6 is 11.3 Å². The molecule has 0 aliphatic carbocycles. The van der Waals surface area contributed by atoms with Crippen LogP contribution in [0.15, 0.2) is 60.4 Å². The maximum Gasteiger partial charge on any atom is 0.162 e. The molecule has 0 aliphatic heterocycles. The molecule has 2 aromatic heterocycles. The van der Waals surface area contributed by atoms with E-state index in [4.69, 9.17) is 4.98 Å². The first kappa shape index (κ1) is 44.3. The molecule has 53 heavy (non-hydrogen) atoms. The monoisotopic (exact) mass is 909 g/mol. The Balaban J connectivity index is 0.000000403. The molecule has 1 N–H and O–H groups in total. The molecule has 0 saturated heterocycles. The van der Waals surface area contributed by atoms with Crippen LogP contribution in [0.25, 0.3) is 43.4 Å². The van der Waals surface area contributed by atoms with E-state index in [9.17, 15) is 9.90 Å². The average molecular weight is 909 g/mol. The van der Waals surface area contributed by atoms with Gasteiger partial charge in [0.25, 0.3) is 0 Å². The Hall–Kier alpha value is -3.11. The van der Waals surface area contributed by atoms with Crippen molar-refractivity contribution in [2.75, 3.05) is 0 Å². The third-order valence-electron chi connectivity index (χ3n) is 10.6. The largest absolute Gasteiger partial charge is 0.512 e. The summed E-state index contributed by atoms with van der Waals surface area (Å²) >= 11 is 1.87. The maximum absolute atomic E-state index is 11.7. The van der Waals surface area contributed by atoms with Gasteiger partial charge in [0.15, 0.2) is 5.78 Å². The van der Waals surface area contributed by atoms with E-state index in [0.29, 0.717) is 5.92 Å². The van der Waals surface area contributed by atoms with E-state index in [-0.39, 0.29) is 48.9 Å². The van der Waals surface area contributed by atoms with Gasteiger partial charge in [0.1, 0.15) is 0 Å². The van der Waals surface area contributed by atoms with Crippen molar-refractivity contribution in [2.45, 2.75) is 128 Å². The van der Waals surface area contributed by atoms with Gasteiger partial charge < -0.3 is 5.11 Å². The molecule has 5 heteroatoms. The van der Waals surface area contributed by atoms with E-state index in [2.05, 4.69) is 117 Å². The van der Waals surface area contributed by atoms with E-state index in [1.807, 2.05) is 39.0 Å². The molecular weight excluding hydrogens is 847 g/mol. The van der Waals surface area contributed by atoms with Gasteiger partial charge in [-0.2, -0.15) is 0 Å². The van der Waals surface area contributed by atoms with Crippen LogP contribution in [-0.4, -0.2) is 15.9 Å². The molecule has 0 amide bonds. The first-order chi connectivity index (χ1) is 24.5. The quantitative estimate of drug-likeness (QED) is 0.0816. The molecule has 0 aliphatic rings. The number of hydrogen-bond acceptors (Lipinski definition) is 4. The molecule has 3 aromatic carbocycles. The van der Waals surface area contributed by atoms with Crippen molar-refractivity contribution >= 4 is 38.1 Å². The van der Waals surface area contributed by atoms with Crippen LogP contribution in [0.4, 0.5) is 0 Å². The van der Waals surface area contributed by atoms with Gasteiger partial charge in [-0.25, -0.2) is 0 Å². The minimum Gasteiger partial charge on any atom is -0.512 e. The number of ketones is 1. The number of thiophene rings is 1. The molecule has 0 bridgehead atoms. The van der Waals surface area contributed by atoms with Crippen LogP contribution in [-0.2, 0) is 36.7 Å². The minimum absolute atomic E-state index is 0. The van der Waals surface area contributed by atoms with Gasteiger partial charge in [-0.15, -0.1) is 40.5 Å². The number of hydrogen-bond donors (Lipinski definition) is 1. The summed E-state index contributed by atoms with van der Waals surface area (Å²) in [6, 6.07) is 21.8. The summed E-state index contributed by atoms with van der Waals surface area (Å²) in [5.74, 6) is 1.19. The van der Waals surface area contributed by atoms with E-state index in [1.165, 1.54) is 60.0 Å². The van der Waals surface area contributed by atoms with Gasteiger partial charge in [-0.05, 0) is 105 Å². The first-order valence-corrected chi connectivity index (χ1v) is 20.3. The van der Waals surface area contributed by atoms with Crippen LogP contribution in [0.1, 0.15) is 121 Å². The summed E-state index contributed by atoms with van der Waals surface area (Å²) in [7, 11) is 0. The van der Waals surface area contributed by atoms with Gasteiger partial charge in [-0.3, -0.25) is 9.78 Å². The third-order valence-corrected chi connectivity index (χ3v) is 11.8. The Kier molecular flexibility index (Phi) is 15.8. The Morgan fingerprint density at radius 1 is 0.887 bits per heavy atom. The Morgan fingerprint density at radius 2 is 1.47 bits per heavy atom. The zero-order chi connectivity index (χ0) is 38.5. The molecular formula is C48H62IrNO2S-. The van der Waals surface area contributed by atoms with Crippen LogP contribution < -0.4 is 0 Å².